The lowest BCUT2D eigenvalue weighted by molar-refractivity contribution is -0.155. The van der Waals surface area contributed by atoms with Crippen molar-refractivity contribution in [3.05, 3.63) is 35.6 Å². The first-order chi connectivity index (χ1) is 9.02. The van der Waals surface area contributed by atoms with E-state index in [-0.39, 0.29) is 19.4 Å². The number of methoxy groups -OCH3 is 1. The summed E-state index contributed by atoms with van der Waals surface area (Å²) in [5.41, 5.74) is 0.565. The molecule has 0 saturated heterocycles. The average Bonchev–Trinajstić information content (AvgIpc) is 2.43. The highest BCUT2D eigenvalue weighted by Crippen LogP contribution is 2.05. The van der Waals surface area contributed by atoms with Crippen LogP contribution < -0.4 is 0 Å². The fourth-order valence-corrected chi connectivity index (χ4v) is 1.23. The molecule has 0 aromatic heterocycles. The Balaban J connectivity index is 2.36. The summed E-state index contributed by atoms with van der Waals surface area (Å²) in [6.07, 6.45) is -0.421. The summed E-state index contributed by atoms with van der Waals surface area (Å²) >= 11 is 0. The molecule has 6 heteroatoms. The molecule has 0 aliphatic carbocycles. The van der Waals surface area contributed by atoms with E-state index >= 15 is 0 Å². The third-order valence-corrected chi connectivity index (χ3v) is 2.29. The van der Waals surface area contributed by atoms with Crippen LogP contribution in [0.2, 0.25) is 0 Å². The Bertz CT molecular complexity index is 466. The van der Waals surface area contributed by atoms with Crippen LogP contribution in [0, 0.1) is 5.82 Å². The van der Waals surface area contributed by atoms with Gasteiger partial charge in [0, 0.05) is 6.42 Å². The number of ether oxygens (including phenoxy) is 2. The van der Waals surface area contributed by atoms with Gasteiger partial charge in [-0.05, 0) is 17.7 Å². The summed E-state index contributed by atoms with van der Waals surface area (Å²) in [5, 5.41) is 0. The van der Waals surface area contributed by atoms with E-state index in [0.717, 1.165) is 0 Å². The Morgan fingerprint density at radius 1 is 1.11 bits per heavy atom. The van der Waals surface area contributed by atoms with E-state index in [0.29, 0.717) is 5.56 Å². The van der Waals surface area contributed by atoms with Crippen LogP contribution in [0.5, 0.6) is 0 Å². The molecular formula is C13H13FO5. The Morgan fingerprint density at radius 3 is 2.32 bits per heavy atom. The maximum Gasteiger partial charge on any atom is 0.374 e. The molecule has 0 bridgehead atoms. The first kappa shape index (κ1) is 14.8. The van der Waals surface area contributed by atoms with Gasteiger partial charge in [0.1, 0.15) is 12.4 Å². The Morgan fingerprint density at radius 2 is 1.74 bits per heavy atom. The van der Waals surface area contributed by atoms with Gasteiger partial charge in [0.05, 0.1) is 13.5 Å². The zero-order chi connectivity index (χ0) is 14.3. The van der Waals surface area contributed by atoms with Gasteiger partial charge in [0.25, 0.3) is 0 Å². The number of hydrogen-bond acceptors (Lipinski definition) is 5. The number of carbonyl (C=O) groups excluding carboxylic acids is 3. The first-order valence-electron chi connectivity index (χ1n) is 5.54. The van der Waals surface area contributed by atoms with Gasteiger partial charge >= 0.3 is 11.9 Å². The Labute approximate surface area is 109 Å². The van der Waals surface area contributed by atoms with E-state index in [1.807, 2.05) is 0 Å². The van der Waals surface area contributed by atoms with Crippen molar-refractivity contribution in [1.29, 1.82) is 0 Å². The van der Waals surface area contributed by atoms with Crippen molar-refractivity contribution in [2.45, 2.75) is 19.4 Å². The topological polar surface area (TPSA) is 69.7 Å². The van der Waals surface area contributed by atoms with E-state index < -0.39 is 23.5 Å². The lowest BCUT2D eigenvalue weighted by Gasteiger charge is -2.04. The highest BCUT2D eigenvalue weighted by atomic mass is 19.1. The summed E-state index contributed by atoms with van der Waals surface area (Å²) in [7, 11) is 1.19. The fraction of sp³-hybridized carbons (Fsp3) is 0.308. The number of Topliss-reactive ketones (excluding diaryl/α,β-unsaturated/α-hetero) is 1. The molecule has 0 atom stereocenters. The van der Waals surface area contributed by atoms with Gasteiger partial charge in [-0.1, -0.05) is 12.1 Å². The van der Waals surface area contributed by atoms with Crippen LogP contribution in [0.1, 0.15) is 18.4 Å². The van der Waals surface area contributed by atoms with Crippen molar-refractivity contribution >= 4 is 17.7 Å². The largest absolute Gasteiger partial charge is 0.469 e. The molecule has 19 heavy (non-hydrogen) atoms. The summed E-state index contributed by atoms with van der Waals surface area (Å²) in [6, 6.07) is 5.34. The number of halogens is 1. The molecule has 0 radical (unpaired) electrons. The van der Waals surface area contributed by atoms with Gasteiger partial charge in [-0.3, -0.25) is 9.59 Å². The lowest BCUT2D eigenvalue weighted by Crippen LogP contribution is -2.18. The lowest BCUT2D eigenvalue weighted by atomic mass is 10.2. The molecule has 0 N–H and O–H groups in total. The number of rotatable bonds is 6. The number of ketones is 1. The summed E-state index contributed by atoms with van der Waals surface area (Å²) in [5.74, 6) is -2.79. The van der Waals surface area contributed by atoms with Crippen LogP contribution in [0.25, 0.3) is 0 Å². The van der Waals surface area contributed by atoms with E-state index in [1.165, 1.54) is 31.4 Å². The van der Waals surface area contributed by atoms with Crippen LogP contribution >= 0.6 is 0 Å². The first-order valence-corrected chi connectivity index (χ1v) is 5.54. The molecule has 0 heterocycles. The van der Waals surface area contributed by atoms with Gasteiger partial charge in [-0.15, -0.1) is 0 Å². The summed E-state index contributed by atoms with van der Waals surface area (Å²) in [4.78, 5) is 33.4. The Hall–Kier alpha value is -2.24. The van der Waals surface area contributed by atoms with Crippen molar-refractivity contribution in [3.8, 4) is 0 Å². The standard InChI is InChI=1S/C13H13FO5/c1-18-12(16)7-6-11(15)13(17)19-8-9-2-4-10(14)5-3-9/h2-5H,6-8H2,1H3. The quantitative estimate of drug-likeness (QED) is 0.576. The predicted octanol–water partition coefficient (Wildman–Crippen LogP) is 1.39. The van der Waals surface area contributed by atoms with Crippen LogP contribution in [-0.4, -0.2) is 24.8 Å². The normalized spacial score (nSPS) is 9.79. The monoisotopic (exact) mass is 268 g/mol. The SMILES string of the molecule is COC(=O)CCC(=O)C(=O)OCc1ccc(F)cc1. The van der Waals surface area contributed by atoms with E-state index in [2.05, 4.69) is 4.74 Å². The summed E-state index contributed by atoms with van der Waals surface area (Å²) < 4.78 is 21.7. The van der Waals surface area contributed by atoms with Crippen molar-refractivity contribution < 1.29 is 28.2 Å². The molecule has 1 rings (SSSR count). The van der Waals surface area contributed by atoms with E-state index in [1.54, 1.807) is 0 Å². The zero-order valence-electron chi connectivity index (χ0n) is 10.3. The second-order valence-electron chi connectivity index (χ2n) is 3.70. The highest BCUT2D eigenvalue weighted by Gasteiger charge is 2.17. The van der Waals surface area contributed by atoms with Crippen molar-refractivity contribution in [2.75, 3.05) is 7.11 Å². The third kappa shape index (κ3) is 5.29. The van der Waals surface area contributed by atoms with E-state index in [9.17, 15) is 18.8 Å². The molecular weight excluding hydrogens is 255 g/mol. The van der Waals surface area contributed by atoms with Gasteiger partial charge in [-0.25, -0.2) is 9.18 Å². The van der Waals surface area contributed by atoms with Crippen molar-refractivity contribution in [1.82, 2.24) is 0 Å². The average molecular weight is 268 g/mol. The van der Waals surface area contributed by atoms with Crippen LogP contribution in [-0.2, 0) is 30.5 Å². The smallest absolute Gasteiger partial charge is 0.374 e. The molecule has 102 valence electrons. The third-order valence-electron chi connectivity index (χ3n) is 2.29. The maximum atomic E-state index is 12.6. The number of benzene rings is 1. The fourth-order valence-electron chi connectivity index (χ4n) is 1.23. The molecule has 0 spiro atoms. The van der Waals surface area contributed by atoms with Crippen LogP contribution in [0.3, 0.4) is 0 Å². The van der Waals surface area contributed by atoms with Gasteiger partial charge < -0.3 is 9.47 Å². The molecule has 0 amide bonds. The molecule has 0 aliphatic rings. The molecule has 0 unspecified atom stereocenters. The zero-order valence-corrected chi connectivity index (χ0v) is 10.3. The number of esters is 2. The molecule has 5 nitrogen and oxygen atoms in total. The minimum Gasteiger partial charge on any atom is -0.469 e. The highest BCUT2D eigenvalue weighted by molar-refractivity contribution is 6.33. The second kappa shape index (κ2) is 7.25. The van der Waals surface area contributed by atoms with Crippen LogP contribution in [0.4, 0.5) is 4.39 Å². The summed E-state index contributed by atoms with van der Waals surface area (Å²) in [6.45, 7) is -0.122. The van der Waals surface area contributed by atoms with Crippen LogP contribution in [0.15, 0.2) is 24.3 Å². The minimum absolute atomic E-state index is 0.122. The molecule has 0 saturated carbocycles. The molecule has 1 aromatic carbocycles. The molecule has 1 aromatic rings. The number of carbonyl (C=O) groups is 3. The van der Waals surface area contributed by atoms with E-state index in [4.69, 9.17) is 4.74 Å². The predicted molar refractivity (Wildman–Crippen MR) is 62.5 cm³/mol. The molecule has 0 aliphatic heterocycles. The second-order valence-corrected chi connectivity index (χ2v) is 3.70. The number of hydrogen-bond donors (Lipinski definition) is 0. The minimum atomic E-state index is -1.02. The molecule has 0 fully saturated rings. The van der Waals surface area contributed by atoms with Crippen molar-refractivity contribution in [2.24, 2.45) is 0 Å². The van der Waals surface area contributed by atoms with Gasteiger partial charge in [0.15, 0.2) is 0 Å². The van der Waals surface area contributed by atoms with Crippen molar-refractivity contribution in [3.63, 3.8) is 0 Å². The maximum absolute atomic E-state index is 12.6. The Kier molecular flexibility index (Phi) is 5.66. The van der Waals surface area contributed by atoms with Gasteiger partial charge in [0.2, 0.25) is 5.78 Å². The van der Waals surface area contributed by atoms with Gasteiger partial charge in [-0.2, -0.15) is 0 Å².